The van der Waals surface area contributed by atoms with Crippen molar-refractivity contribution in [1.82, 2.24) is 4.98 Å². The topological polar surface area (TPSA) is 56.0 Å². The van der Waals surface area contributed by atoms with Crippen LogP contribution in [0.1, 0.15) is 60.4 Å². The van der Waals surface area contributed by atoms with Gasteiger partial charge in [0.2, 0.25) is 0 Å². The molecule has 1 atom stereocenters. The molecule has 0 spiro atoms. The van der Waals surface area contributed by atoms with Crippen LogP contribution in [0.3, 0.4) is 0 Å². The summed E-state index contributed by atoms with van der Waals surface area (Å²) in [7, 11) is 0. The minimum absolute atomic E-state index is 0.0432. The van der Waals surface area contributed by atoms with Crippen molar-refractivity contribution in [2.75, 3.05) is 0 Å². The number of benzene rings is 1. The van der Waals surface area contributed by atoms with Crippen LogP contribution in [0.5, 0.6) is 0 Å². The van der Waals surface area contributed by atoms with Crippen molar-refractivity contribution in [1.29, 1.82) is 0 Å². The van der Waals surface area contributed by atoms with Gasteiger partial charge < -0.3 is 5.73 Å². The Morgan fingerprint density at radius 1 is 1.29 bits per heavy atom. The first-order valence-corrected chi connectivity index (χ1v) is 7.99. The molecule has 0 fully saturated rings. The van der Waals surface area contributed by atoms with Crippen LogP contribution in [0, 0.1) is 0 Å². The van der Waals surface area contributed by atoms with E-state index in [1.807, 2.05) is 19.1 Å². The molecule has 2 rings (SSSR count). The number of aromatic nitrogens is 1. The number of carbonyl (C=O) groups excluding carboxylic acids is 1. The van der Waals surface area contributed by atoms with Crippen molar-refractivity contribution in [2.24, 2.45) is 5.73 Å². The standard InChI is InChI=1S/C17H22N2OS/c1-11(18)16-19-14(10-21-16)15(20)9-12-5-7-13(8-6-12)17(2,3)4/h5-8,10-11H,9,18H2,1-4H3. The molecule has 1 unspecified atom stereocenters. The van der Waals surface area contributed by atoms with Crippen LogP contribution in [0.4, 0.5) is 0 Å². The molecule has 2 aromatic rings. The molecular formula is C17H22N2OS. The van der Waals surface area contributed by atoms with E-state index in [1.165, 1.54) is 16.9 Å². The molecule has 0 aliphatic carbocycles. The third-order valence-electron chi connectivity index (χ3n) is 3.38. The third kappa shape index (κ3) is 3.99. The average Bonchev–Trinajstić information content (AvgIpc) is 2.88. The molecule has 0 radical (unpaired) electrons. The highest BCUT2D eigenvalue weighted by atomic mass is 32.1. The smallest absolute Gasteiger partial charge is 0.186 e. The molecule has 1 aromatic carbocycles. The Kier molecular flexibility index (Phi) is 4.59. The van der Waals surface area contributed by atoms with Crippen molar-refractivity contribution in [3.8, 4) is 0 Å². The number of carbonyl (C=O) groups is 1. The fraction of sp³-hybridized carbons (Fsp3) is 0.412. The minimum atomic E-state index is -0.123. The Bertz CT molecular complexity index is 621. The van der Waals surface area contributed by atoms with E-state index in [1.54, 1.807) is 5.38 Å². The maximum Gasteiger partial charge on any atom is 0.186 e. The van der Waals surface area contributed by atoms with Gasteiger partial charge in [-0.25, -0.2) is 4.98 Å². The summed E-state index contributed by atoms with van der Waals surface area (Å²) in [5, 5.41) is 2.60. The summed E-state index contributed by atoms with van der Waals surface area (Å²) in [6, 6.07) is 8.12. The van der Waals surface area contributed by atoms with E-state index in [4.69, 9.17) is 5.73 Å². The summed E-state index contributed by atoms with van der Waals surface area (Å²) < 4.78 is 0. The number of ketones is 1. The molecule has 0 amide bonds. The Hall–Kier alpha value is -1.52. The number of hydrogen-bond donors (Lipinski definition) is 1. The van der Waals surface area contributed by atoms with Crippen LogP contribution in [0.15, 0.2) is 29.6 Å². The maximum absolute atomic E-state index is 12.2. The Morgan fingerprint density at radius 2 is 1.90 bits per heavy atom. The molecule has 3 nitrogen and oxygen atoms in total. The Labute approximate surface area is 130 Å². The van der Waals surface area contributed by atoms with Gasteiger partial charge in [0, 0.05) is 11.8 Å². The van der Waals surface area contributed by atoms with Gasteiger partial charge in [-0.15, -0.1) is 11.3 Å². The van der Waals surface area contributed by atoms with Crippen LogP contribution in [-0.2, 0) is 11.8 Å². The fourth-order valence-corrected chi connectivity index (χ4v) is 2.81. The van der Waals surface area contributed by atoms with Crippen LogP contribution in [0.25, 0.3) is 0 Å². The zero-order valence-electron chi connectivity index (χ0n) is 13.0. The van der Waals surface area contributed by atoms with Crippen LogP contribution < -0.4 is 5.73 Å². The van der Waals surface area contributed by atoms with E-state index >= 15 is 0 Å². The molecule has 0 saturated heterocycles. The van der Waals surface area contributed by atoms with Gasteiger partial charge in [0.05, 0.1) is 6.04 Å². The second kappa shape index (κ2) is 6.08. The van der Waals surface area contributed by atoms with E-state index < -0.39 is 0 Å². The molecule has 0 bridgehead atoms. The summed E-state index contributed by atoms with van der Waals surface area (Å²) >= 11 is 1.45. The molecule has 1 heterocycles. The van der Waals surface area contributed by atoms with E-state index in [-0.39, 0.29) is 17.2 Å². The van der Waals surface area contributed by atoms with Crippen LogP contribution in [0.2, 0.25) is 0 Å². The van der Waals surface area contributed by atoms with E-state index in [0.29, 0.717) is 12.1 Å². The van der Waals surface area contributed by atoms with E-state index in [2.05, 4.69) is 37.9 Å². The zero-order chi connectivity index (χ0) is 15.6. The van der Waals surface area contributed by atoms with Gasteiger partial charge in [0.25, 0.3) is 0 Å². The number of thiazole rings is 1. The largest absolute Gasteiger partial charge is 0.322 e. The summed E-state index contributed by atoms with van der Waals surface area (Å²) in [5.74, 6) is 0.0432. The molecule has 1 aromatic heterocycles. The predicted molar refractivity (Wildman–Crippen MR) is 87.9 cm³/mol. The summed E-state index contributed by atoms with van der Waals surface area (Å²) in [6.07, 6.45) is 0.381. The van der Waals surface area contributed by atoms with Gasteiger partial charge in [-0.1, -0.05) is 45.0 Å². The Balaban J connectivity index is 2.08. The summed E-state index contributed by atoms with van der Waals surface area (Å²) in [4.78, 5) is 16.5. The summed E-state index contributed by atoms with van der Waals surface area (Å²) in [5.41, 5.74) is 8.71. The van der Waals surface area contributed by atoms with Crippen molar-refractivity contribution in [3.05, 3.63) is 51.5 Å². The molecule has 4 heteroatoms. The molecule has 0 aliphatic heterocycles. The Morgan fingerprint density at radius 3 is 2.38 bits per heavy atom. The van der Waals surface area contributed by atoms with E-state index in [0.717, 1.165) is 10.6 Å². The molecule has 0 saturated carbocycles. The predicted octanol–water partition coefficient (Wildman–Crippen LogP) is 3.89. The maximum atomic E-state index is 12.2. The lowest BCUT2D eigenvalue weighted by Crippen LogP contribution is -2.11. The number of rotatable bonds is 4. The molecule has 21 heavy (non-hydrogen) atoms. The van der Waals surface area contributed by atoms with Gasteiger partial charge in [-0.2, -0.15) is 0 Å². The monoisotopic (exact) mass is 302 g/mol. The van der Waals surface area contributed by atoms with Gasteiger partial charge >= 0.3 is 0 Å². The highest BCUT2D eigenvalue weighted by molar-refractivity contribution is 7.09. The van der Waals surface area contributed by atoms with Crippen molar-refractivity contribution in [3.63, 3.8) is 0 Å². The first kappa shape index (κ1) is 15.9. The van der Waals surface area contributed by atoms with Crippen LogP contribution in [-0.4, -0.2) is 10.8 Å². The van der Waals surface area contributed by atoms with Gasteiger partial charge in [0.1, 0.15) is 10.7 Å². The van der Waals surface area contributed by atoms with Crippen LogP contribution >= 0.6 is 11.3 Å². The second-order valence-electron chi connectivity index (χ2n) is 6.41. The molecule has 0 aliphatic rings. The van der Waals surface area contributed by atoms with Gasteiger partial charge in [0.15, 0.2) is 5.78 Å². The fourth-order valence-electron chi connectivity index (χ4n) is 2.02. The SMILES string of the molecule is CC(N)c1nc(C(=O)Cc2ccc(C(C)(C)C)cc2)cs1. The zero-order valence-corrected chi connectivity index (χ0v) is 13.8. The lowest BCUT2D eigenvalue weighted by Gasteiger charge is -2.19. The summed E-state index contributed by atoms with van der Waals surface area (Å²) in [6.45, 7) is 8.41. The molecule has 112 valence electrons. The molecular weight excluding hydrogens is 280 g/mol. The van der Waals surface area contributed by atoms with Crippen molar-refractivity contribution >= 4 is 17.1 Å². The van der Waals surface area contributed by atoms with Gasteiger partial charge in [-0.3, -0.25) is 4.79 Å². The van der Waals surface area contributed by atoms with Crippen molar-refractivity contribution in [2.45, 2.75) is 45.6 Å². The first-order valence-electron chi connectivity index (χ1n) is 7.11. The quantitative estimate of drug-likeness (QED) is 0.872. The first-order chi connectivity index (χ1) is 9.77. The van der Waals surface area contributed by atoms with E-state index in [9.17, 15) is 4.79 Å². The third-order valence-corrected chi connectivity index (χ3v) is 4.43. The second-order valence-corrected chi connectivity index (χ2v) is 7.30. The minimum Gasteiger partial charge on any atom is -0.322 e. The average molecular weight is 302 g/mol. The lowest BCUT2D eigenvalue weighted by atomic mass is 9.86. The number of nitrogens with zero attached hydrogens (tertiary/aromatic N) is 1. The van der Waals surface area contributed by atoms with Gasteiger partial charge in [-0.05, 0) is 23.5 Å². The number of hydrogen-bond acceptors (Lipinski definition) is 4. The molecule has 2 N–H and O–H groups in total. The lowest BCUT2D eigenvalue weighted by molar-refractivity contribution is 0.0988. The number of nitrogens with two attached hydrogens (primary N) is 1. The highest BCUT2D eigenvalue weighted by Crippen LogP contribution is 2.23. The number of Topliss-reactive ketones (excluding diaryl/α,β-unsaturated/α-hetero) is 1. The highest BCUT2D eigenvalue weighted by Gasteiger charge is 2.15. The van der Waals surface area contributed by atoms with Crippen molar-refractivity contribution < 1.29 is 4.79 Å². The normalized spacial score (nSPS) is 13.2.